The van der Waals surface area contributed by atoms with Gasteiger partial charge >= 0.3 is 0 Å². The molecule has 0 saturated carbocycles. The van der Waals surface area contributed by atoms with Gasteiger partial charge in [-0.25, -0.2) is 4.98 Å². The molecule has 0 fully saturated rings. The Morgan fingerprint density at radius 3 is 2.90 bits per heavy atom. The van der Waals surface area contributed by atoms with Crippen LogP contribution in [0.1, 0.15) is 19.8 Å². The molecule has 0 aromatic carbocycles. The highest BCUT2D eigenvalue weighted by molar-refractivity contribution is 4.73. The highest BCUT2D eigenvalue weighted by atomic mass is 16.5. The first-order chi connectivity index (χ1) is 9.83. The van der Waals surface area contributed by atoms with Gasteiger partial charge in [-0.3, -0.25) is 0 Å². The van der Waals surface area contributed by atoms with Gasteiger partial charge < -0.3 is 24.5 Å². The number of nitrogens with zero attached hydrogens (tertiary/aromatic N) is 2. The van der Waals surface area contributed by atoms with Crippen LogP contribution in [-0.2, 0) is 16.0 Å². The fourth-order valence-corrected chi connectivity index (χ4v) is 1.77. The number of aliphatic hydroxyl groups excluding tert-OH is 1. The first-order valence-corrected chi connectivity index (χ1v) is 7.33. The normalized spacial score (nSPS) is 12.7. The van der Waals surface area contributed by atoms with Crippen molar-refractivity contribution in [2.45, 2.75) is 32.4 Å². The van der Waals surface area contributed by atoms with E-state index in [0.717, 1.165) is 25.9 Å². The van der Waals surface area contributed by atoms with Crippen LogP contribution in [0, 0.1) is 0 Å². The van der Waals surface area contributed by atoms with Gasteiger partial charge in [0.05, 0.1) is 32.3 Å². The van der Waals surface area contributed by atoms with Crippen molar-refractivity contribution in [1.82, 2.24) is 14.9 Å². The van der Waals surface area contributed by atoms with Crippen molar-refractivity contribution < 1.29 is 14.6 Å². The van der Waals surface area contributed by atoms with Gasteiger partial charge in [0.2, 0.25) is 0 Å². The molecule has 0 aliphatic heterocycles. The van der Waals surface area contributed by atoms with E-state index in [2.05, 4.69) is 14.9 Å². The molecule has 0 saturated heterocycles. The fourth-order valence-electron chi connectivity index (χ4n) is 1.77. The van der Waals surface area contributed by atoms with E-state index in [1.807, 2.05) is 19.4 Å². The molecule has 0 bridgehead atoms. The van der Waals surface area contributed by atoms with Crippen molar-refractivity contribution in [3.8, 4) is 0 Å². The maximum absolute atomic E-state index is 9.67. The summed E-state index contributed by atoms with van der Waals surface area (Å²) >= 11 is 0. The molecule has 1 rings (SSSR count). The second-order valence-electron chi connectivity index (χ2n) is 4.64. The number of aliphatic hydroxyl groups is 1. The Labute approximate surface area is 121 Å². The number of rotatable bonds is 13. The third-order valence-corrected chi connectivity index (χ3v) is 2.85. The average molecular weight is 285 g/mol. The van der Waals surface area contributed by atoms with Gasteiger partial charge in [-0.2, -0.15) is 0 Å². The van der Waals surface area contributed by atoms with Gasteiger partial charge in [0.1, 0.15) is 0 Å². The Morgan fingerprint density at radius 1 is 1.30 bits per heavy atom. The van der Waals surface area contributed by atoms with Gasteiger partial charge in [-0.1, -0.05) is 0 Å². The van der Waals surface area contributed by atoms with E-state index < -0.39 is 6.10 Å². The predicted octanol–water partition coefficient (Wildman–Crippen LogP) is 0.667. The summed E-state index contributed by atoms with van der Waals surface area (Å²) < 4.78 is 12.5. The summed E-state index contributed by atoms with van der Waals surface area (Å²) in [6, 6.07) is 0. The summed E-state index contributed by atoms with van der Waals surface area (Å²) in [6.07, 6.45) is 7.32. The van der Waals surface area contributed by atoms with E-state index in [1.165, 1.54) is 0 Å². The molecule has 1 atom stereocenters. The van der Waals surface area contributed by atoms with Crippen LogP contribution in [0.5, 0.6) is 0 Å². The molecule has 6 heteroatoms. The lowest BCUT2D eigenvalue weighted by Crippen LogP contribution is -2.31. The molecule has 0 spiro atoms. The van der Waals surface area contributed by atoms with Crippen LogP contribution in [0.25, 0.3) is 0 Å². The van der Waals surface area contributed by atoms with E-state index in [4.69, 9.17) is 9.47 Å². The minimum atomic E-state index is -0.453. The van der Waals surface area contributed by atoms with Crippen LogP contribution in [0.2, 0.25) is 0 Å². The number of hydrogen-bond acceptors (Lipinski definition) is 5. The van der Waals surface area contributed by atoms with E-state index in [-0.39, 0.29) is 0 Å². The maximum atomic E-state index is 9.67. The maximum Gasteiger partial charge on any atom is 0.0945 e. The second kappa shape index (κ2) is 11.8. The van der Waals surface area contributed by atoms with Crippen LogP contribution < -0.4 is 5.32 Å². The summed E-state index contributed by atoms with van der Waals surface area (Å²) in [5, 5.41) is 12.9. The number of imidazole rings is 1. The first kappa shape index (κ1) is 17.1. The van der Waals surface area contributed by atoms with E-state index in [1.54, 1.807) is 6.20 Å². The Balaban J connectivity index is 1.83. The van der Waals surface area contributed by atoms with Crippen molar-refractivity contribution in [1.29, 1.82) is 0 Å². The topological polar surface area (TPSA) is 68.5 Å². The minimum Gasteiger partial charge on any atom is -0.389 e. The van der Waals surface area contributed by atoms with Gasteiger partial charge in [-0.05, 0) is 26.3 Å². The monoisotopic (exact) mass is 285 g/mol. The molecule has 1 aromatic heterocycles. The summed E-state index contributed by atoms with van der Waals surface area (Å²) in [6.45, 7) is 6.60. The third kappa shape index (κ3) is 9.03. The fraction of sp³-hybridized carbons (Fsp3) is 0.786. The van der Waals surface area contributed by atoms with E-state index in [0.29, 0.717) is 33.0 Å². The lowest BCUT2D eigenvalue weighted by Gasteiger charge is -2.12. The molecule has 0 aliphatic carbocycles. The van der Waals surface area contributed by atoms with Gasteiger partial charge in [0.25, 0.3) is 0 Å². The largest absolute Gasteiger partial charge is 0.389 e. The molecule has 0 amide bonds. The average Bonchev–Trinajstić information content (AvgIpc) is 2.95. The minimum absolute atomic E-state index is 0.356. The van der Waals surface area contributed by atoms with Gasteiger partial charge in [-0.15, -0.1) is 0 Å². The van der Waals surface area contributed by atoms with Gasteiger partial charge in [0.15, 0.2) is 0 Å². The van der Waals surface area contributed by atoms with Crippen LogP contribution in [0.15, 0.2) is 18.7 Å². The van der Waals surface area contributed by atoms with Crippen molar-refractivity contribution >= 4 is 0 Å². The smallest absolute Gasteiger partial charge is 0.0945 e. The third-order valence-electron chi connectivity index (χ3n) is 2.85. The van der Waals surface area contributed by atoms with Crippen LogP contribution in [0.4, 0.5) is 0 Å². The Bertz CT molecular complexity index is 307. The number of aryl methyl sites for hydroxylation is 1. The summed E-state index contributed by atoms with van der Waals surface area (Å²) in [7, 11) is 0. The van der Waals surface area contributed by atoms with E-state index in [9.17, 15) is 5.11 Å². The molecule has 116 valence electrons. The number of unbranched alkanes of at least 4 members (excludes halogenated alkanes) is 1. The van der Waals surface area contributed by atoms with Crippen molar-refractivity contribution in [3.05, 3.63) is 18.7 Å². The number of aromatic nitrogens is 2. The number of nitrogens with one attached hydrogen (secondary N) is 1. The summed E-state index contributed by atoms with van der Waals surface area (Å²) in [5.74, 6) is 0. The zero-order valence-electron chi connectivity index (χ0n) is 12.3. The molecule has 1 aromatic rings. The predicted molar refractivity (Wildman–Crippen MR) is 77.6 cm³/mol. The quantitative estimate of drug-likeness (QED) is 0.521. The van der Waals surface area contributed by atoms with Gasteiger partial charge in [0, 0.05) is 32.1 Å². The lowest BCUT2D eigenvalue weighted by atomic mass is 10.3. The Hall–Kier alpha value is -0.950. The van der Waals surface area contributed by atoms with Crippen LogP contribution in [0.3, 0.4) is 0 Å². The molecular weight excluding hydrogens is 258 g/mol. The standard InChI is InChI=1S/C14H27N3O3/c1-2-19-9-10-20-12-14(18)11-15-5-3-4-7-17-8-6-16-13-17/h6,8,13-15,18H,2-5,7,9-12H2,1H3. The summed E-state index contributed by atoms with van der Waals surface area (Å²) in [5.41, 5.74) is 0. The molecule has 6 nitrogen and oxygen atoms in total. The highest BCUT2D eigenvalue weighted by Gasteiger charge is 2.03. The molecular formula is C14H27N3O3. The molecule has 0 radical (unpaired) electrons. The van der Waals surface area contributed by atoms with Crippen LogP contribution >= 0.6 is 0 Å². The molecule has 2 N–H and O–H groups in total. The zero-order valence-corrected chi connectivity index (χ0v) is 12.3. The number of ether oxygens (including phenoxy) is 2. The molecule has 0 aliphatic rings. The lowest BCUT2D eigenvalue weighted by molar-refractivity contribution is 0.00655. The van der Waals surface area contributed by atoms with Crippen molar-refractivity contribution in [2.24, 2.45) is 0 Å². The molecule has 1 heterocycles. The highest BCUT2D eigenvalue weighted by Crippen LogP contribution is 1.94. The second-order valence-corrected chi connectivity index (χ2v) is 4.64. The Kier molecular flexibility index (Phi) is 10.1. The Morgan fingerprint density at radius 2 is 2.15 bits per heavy atom. The first-order valence-electron chi connectivity index (χ1n) is 7.33. The molecule has 20 heavy (non-hydrogen) atoms. The van der Waals surface area contributed by atoms with Crippen molar-refractivity contribution in [2.75, 3.05) is 39.5 Å². The van der Waals surface area contributed by atoms with Crippen molar-refractivity contribution in [3.63, 3.8) is 0 Å². The SMILES string of the molecule is CCOCCOCC(O)CNCCCCn1ccnc1. The van der Waals surface area contributed by atoms with E-state index >= 15 is 0 Å². The van der Waals surface area contributed by atoms with Crippen LogP contribution in [-0.4, -0.2) is 60.3 Å². The summed E-state index contributed by atoms with van der Waals surface area (Å²) in [4.78, 5) is 4.00. The molecule has 1 unspecified atom stereocenters. The number of hydrogen-bond donors (Lipinski definition) is 2. The zero-order chi connectivity index (χ0) is 14.5.